The highest BCUT2D eigenvalue weighted by molar-refractivity contribution is 5.76. The topological polar surface area (TPSA) is 75.2 Å². The average Bonchev–Trinajstić information content (AvgIpc) is 3.34. The highest BCUT2D eigenvalue weighted by Crippen LogP contribution is 2.28. The van der Waals surface area contributed by atoms with E-state index in [4.69, 9.17) is 0 Å². The molecule has 1 amide bonds. The Labute approximate surface area is 131 Å². The van der Waals surface area contributed by atoms with Crippen LogP contribution in [0.2, 0.25) is 0 Å². The molecule has 0 atom stereocenters. The van der Waals surface area contributed by atoms with Gasteiger partial charge in [0.05, 0.1) is 0 Å². The molecular formula is C16H16FN3O3. The molecule has 1 aliphatic rings. The molecule has 6 nitrogen and oxygen atoms in total. The van der Waals surface area contributed by atoms with Crippen LogP contribution in [0.15, 0.2) is 46.1 Å². The number of H-pyrrole nitrogens is 1. The Kier molecular flexibility index (Phi) is 4.10. The molecule has 1 aromatic heterocycles. The van der Waals surface area contributed by atoms with Gasteiger partial charge in [-0.1, -0.05) is 12.1 Å². The average molecular weight is 317 g/mol. The van der Waals surface area contributed by atoms with Crippen molar-refractivity contribution in [3.8, 4) is 0 Å². The third-order valence-corrected chi connectivity index (χ3v) is 3.78. The molecule has 0 aliphatic heterocycles. The molecule has 23 heavy (non-hydrogen) atoms. The first-order valence-corrected chi connectivity index (χ1v) is 7.36. The number of hydrogen-bond donors (Lipinski definition) is 1. The second-order valence-electron chi connectivity index (χ2n) is 5.62. The second kappa shape index (κ2) is 6.20. The SMILES string of the molecule is O=C(Cn1ccc(=O)[nH]c1=O)N(Cc1ccc(F)cc1)C1CC1. The van der Waals surface area contributed by atoms with Gasteiger partial charge in [0.15, 0.2) is 0 Å². The number of carbonyl (C=O) groups excluding carboxylic acids is 1. The minimum Gasteiger partial charge on any atom is -0.334 e. The highest BCUT2D eigenvalue weighted by Gasteiger charge is 2.32. The van der Waals surface area contributed by atoms with E-state index in [2.05, 4.69) is 4.98 Å². The lowest BCUT2D eigenvalue weighted by molar-refractivity contribution is -0.133. The van der Waals surface area contributed by atoms with Gasteiger partial charge in [-0.25, -0.2) is 9.18 Å². The number of hydrogen-bond acceptors (Lipinski definition) is 3. The zero-order chi connectivity index (χ0) is 16.4. The largest absolute Gasteiger partial charge is 0.334 e. The molecule has 7 heteroatoms. The Balaban J connectivity index is 1.75. The minimum atomic E-state index is -0.608. The van der Waals surface area contributed by atoms with Crippen molar-refractivity contribution in [2.24, 2.45) is 0 Å². The molecule has 3 rings (SSSR count). The molecule has 2 aromatic rings. The summed E-state index contributed by atoms with van der Waals surface area (Å²) in [6.07, 6.45) is 3.16. The molecule has 1 heterocycles. The highest BCUT2D eigenvalue weighted by atomic mass is 19.1. The predicted octanol–water partition coefficient (Wildman–Crippen LogP) is 0.867. The molecule has 1 fully saturated rings. The zero-order valence-electron chi connectivity index (χ0n) is 12.4. The van der Waals surface area contributed by atoms with Gasteiger partial charge in [-0.05, 0) is 30.5 Å². The molecule has 1 aromatic carbocycles. The van der Waals surface area contributed by atoms with Crippen LogP contribution >= 0.6 is 0 Å². The van der Waals surface area contributed by atoms with Crippen molar-refractivity contribution in [1.82, 2.24) is 14.5 Å². The van der Waals surface area contributed by atoms with Gasteiger partial charge in [-0.15, -0.1) is 0 Å². The lowest BCUT2D eigenvalue weighted by atomic mass is 10.2. The molecule has 0 spiro atoms. The second-order valence-corrected chi connectivity index (χ2v) is 5.62. The summed E-state index contributed by atoms with van der Waals surface area (Å²) in [6, 6.07) is 7.37. The standard InChI is InChI=1S/C16H16FN3O3/c17-12-3-1-11(2-4-12)9-20(13-5-6-13)15(22)10-19-8-7-14(21)18-16(19)23/h1-4,7-8,13H,5-6,9-10H2,(H,18,21,23). The van der Waals surface area contributed by atoms with Crippen LogP contribution in [0.5, 0.6) is 0 Å². The van der Waals surface area contributed by atoms with Crippen molar-refractivity contribution in [2.75, 3.05) is 0 Å². The number of nitrogens with zero attached hydrogens (tertiary/aromatic N) is 2. The van der Waals surface area contributed by atoms with Gasteiger partial charge in [-0.3, -0.25) is 19.1 Å². The third kappa shape index (κ3) is 3.74. The Morgan fingerprint density at radius 2 is 1.91 bits per heavy atom. The molecule has 1 aliphatic carbocycles. The van der Waals surface area contributed by atoms with Gasteiger partial charge in [0.2, 0.25) is 5.91 Å². The van der Waals surface area contributed by atoms with Gasteiger partial charge in [0, 0.05) is 24.8 Å². The number of carbonyl (C=O) groups is 1. The maximum absolute atomic E-state index is 13.0. The molecule has 0 unspecified atom stereocenters. The molecule has 0 saturated heterocycles. The van der Waals surface area contributed by atoms with E-state index in [0.29, 0.717) is 6.54 Å². The van der Waals surface area contributed by atoms with Crippen LogP contribution in [0, 0.1) is 5.82 Å². The van der Waals surface area contributed by atoms with E-state index in [1.165, 1.54) is 29.0 Å². The fraction of sp³-hybridized carbons (Fsp3) is 0.312. The summed E-state index contributed by atoms with van der Waals surface area (Å²) in [7, 11) is 0. The molecule has 0 radical (unpaired) electrons. The van der Waals surface area contributed by atoms with Gasteiger partial charge in [-0.2, -0.15) is 0 Å². The van der Waals surface area contributed by atoms with Gasteiger partial charge >= 0.3 is 5.69 Å². The number of rotatable bonds is 5. The number of amides is 1. The van der Waals surface area contributed by atoms with Crippen molar-refractivity contribution < 1.29 is 9.18 Å². The van der Waals surface area contributed by atoms with E-state index in [0.717, 1.165) is 18.4 Å². The van der Waals surface area contributed by atoms with E-state index in [1.54, 1.807) is 17.0 Å². The van der Waals surface area contributed by atoms with Crippen molar-refractivity contribution in [2.45, 2.75) is 32.0 Å². The summed E-state index contributed by atoms with van der Waals surface area (Å²) in [4.78, 5) is 39.1. The van der Waals surface area contributed by atoms with Crippen LogP contribution in [0.3, 0.4) is 0 Å². The first-order valence-electron chi connectivity index (χ1n) is 7.36. The lowest BCUT2D eigenvalue weighted by Crippen LogP contribution is -2.39. The quantitative estimate of drug-likeness (QED) is 0.889. The van der Waals surface area contributed by atoms with Crippen LogP contribution in [-0.4, -0.2) is 26.4 Å². The Morgan fingerprint density at radius 3 is 2.52 bits per heavy atom. The third-order valence-electron chi connectivity index (χ3n) is 3.78. The predicted molar refractivity (Wildman–Crippen MR) is 81.3 cm³/mol. The number of benzene rings is 1. The first kappa shape index (κ1) is 15.2. The molecule has 0 bridgehead atoms. The number of aromatic amines is 1. The van der Waals surface area contributed by atoms with Crippen molar-refractivity contribution in [1.29, 1.82) is 0 Å². The van der Waals surface area contributed by atoms with E-state index in [-0.39, 0.29) is 24.3 Å². The van der Waals surface area contributed by atoms with E-state index in [9.17, 15) is 18.8 Å². The molecule has 120 valence electrons. The smallest absolute Gasteiger partial charge is 0.328 e. The number of halogens is 1. The first-order chi connectivity index (χ1) is 11.0. The molecule has 1 N–H and O–H groups in total. The fourth-order valence-corrected chi connectivity index (χ4v) is 2.40. The van der Waals surface area contributed by atoms with Crippen LogP contribution < -0.4 is 11.2 Å². The summed E-state index contributed by atoms with van der Waals surface area (Å²) in [5.74, 6) is -0.524. The van der Waals surface area contributed by atoms with Crippen molar-refractivity contribution >= 4 is 5.91 Å². The van der Waals surface area contributed by atoms with Crippen molar-refractivity contribution in [3.63, 3.8) is 0 Å². The fourth-order valence-electron chi connectivity index (χ4n) is 2.40. The normalized spacial score (nSPS) is 13.8. The summed E-state index contributed by atoms with van der Waals surface area (Å²) >= 11 is 0. The monoisotopic (exact) mass is 317 g/mol. The van der Waals surface area contributed by atoms with Gasteiger partial charge in [0.25, 0.3) is 5.56 Å². The maximum Gasteiger partial charge on any atom is 0.328 e. The maximum atomic E-state index is 13.0. The summed E-state index contributed by atoms with van der Waals surface area (Å²) < 4.78 is 14.1. The van der Waals surface area contributed by atoms with E-state index < -0.39 is 11.2 Å². The Bertz CT molecular complexity index is 821. The molecular weight excluding hydrogens is 301 g/mol. The lowest BCUT2D eigenvalue weighted by Gasteiger charge is -2.23. The summed E-state index contributed by atoms with van der Waals surface area (Å²) in [5.41, 5.74) is -0.270. The van der Waals surface area contributed by atoms with Gasteiger partial charge in [0.1, 0.15) is 12.4 Å². The number of nitrogens with one attached hydrogen (secondary N) is 1. The van der Waals surface area contributed by atoms with Crippen molar-refractivity contribution in [3.05, 3.63) is 68.7 Å². The number of aromatic nitrogens is 2. The summed E-state index contributed by atoms with van der Waals surface area (Å²) in [5, 5.41) is 0. The van der Waals surface area contributed by atoms with Gasteiger partial charge < -0.3 is 4.90 Å². The van der Waals surface area contributed by atoms with Crippen LogP contribution in [0.1, 0.15) is 18.4 Å². The molecule has 1 saturated carbocycles. The Hall–Kier alpha value is -2.70. The Morgan fingerprint density at radius 1 is 1.22 bits per heavy atom. The summed E-state index contributed by atoms with van der Waals surface area (Å²) in [6.45, 7) is 0.245. The van der Waals surface area contributed by atoms with Crippen LogP contribution in [0.25, 0.3) is 0 Å². The minimum absolute atomic E-state index is 0.132. The van der Waals surface area contributed by atoms with Crippen LogP contribution in [0.4, 0.5) is 4.39 Å². The zero-order valence-corrected chi connectivity index (χ0v) is 12.4. The van der Waals surface area contributed by atoms with Crippen LogP contribution in [-0.2, 0) is 17.9 Å². The van der Waals surface area contributed by atoms with E-state index >= 15 is 0 Å². The van der Waals surface area contributed by atoms with E-state index in [1.807, 2.05) is 0 Å².